The number of aromatic amines is 1. The Hall–Kier alpha value is -1.55. The summed E-state index contributed by atoms with van der Waals surface area (Å²) in [4.78, 5) is 23.6. The predicted octanol–water partition coefficient (Wildman–Crippen LogP) is 1.75. The third-order valence-electron chi connectivity index (χ3n) is 2.39. The van der Waals surface area contributed by atoms with Crippen LogP contribution in [-0.2, 0) is 6.54 Å². The Kier molecular flexibility index (Phi) is 2.83. The van der Waals surface area contributed by atoms with Gasteiger partial charge in [-0.3, -0.25) is 14.7 Å². The highest BCUT2D eigenvalue weighted by Gasteiger charge is 2.06. The molecule has 1 heterocycles. The first-order valence-corrected chi connectivity index (χ1v) is 5.43. The molecule has 1 aromatic carbocycles. The van der Waals surface area contributed by atoms with Gasteiger partial charge in [-0.05, 0) is 24.6 Å². The summed E-state index contributed by atoms with van der Waals surface area (Å²) >= 11 is 5.81. The van der Waals surface area contributed by atoms with Gasteiger partial charge in [-0.25, -0.2) is 4.68 Å². The molecule has 0 aliphatic carbocycles. The van der Waals surface area contributed by atoms with Crippen LogP contribution in [0.25, 0.3) is 10.8 Å². The van der Waals surface area contributed by atoms with Crippen LogP contribution in [0, 0.1) is 0 Å². The first kappa shape index (κ1) is 11.0. The number of benzene rings is 1. The fourth-order valence-corrected chi connectivity index (χ4v) is 1.82. The van der Waals surface area contributed by atoms with Gasteiger partial charge in [0.1, 0.15) is 0 Å². The zero-order chi connectivity index (χ0) is 11.7. The molecule has 0 saturated carbocycles. The van der Waals surface area contributed by atoms with Crippen molar-refractivity contribution in [3.05, 3.63) is 43.9 Å². The Morgan fingerprint density at radius 1 is 1.31 bits per heavy atom. The van der Waals surface area contributed by atoms with Crippen LogP contribution in [0.15, 0.2) is 27.8 Å². The summed E-state index contributed by atoms with van der Waals surface area (Å²) in [7, 11) is 0. The van der Waals surface area contributed by atoms with Crippen LogP contribution < -0.4 is 11.1 Å². The fourth-order valence-electron chi connectivity index (χ4n) is 1.65. The van der Waals surface area contributed by atoms with Crippen molar-refractivity contribution in [1.82, 2.24) is 9.78 Å². The lowest BCUT2D eigenvalue weighted by Crippen LogP contribution is -2.29. The predicted molar refractivity (Wildman–Crippen MR) is 64.1 cm³/mol. The molecule has 0 fully saturated rings. The van der Waals surface area contributed by atoms with Gasteiger partial charge in [0.05, 0.1) is 10.8 Å². The van der Waals surface area contributed by atoms with Gasteiger partial charge in [0.15, 0.2) is 0 Å². The van der Waals surface area contributed by atoms with Crippen molar-refractivity contribution in [2.45, 2.75) is 19.9 Å². The van der Waals surface area contributed by atoms with E-state index in [0.29, 0.717) is 22.3 Å². The third kappa shape index (κ3) is 1.76. The van der Waals surface area contributed by atoms with Crippen molar-refractivity contribution in [3.8, 4) is 0 Å². The molecular weight excluding hydrogens is 228 g/mol. The number of rotatable bonds is 2. The van der Waals surface area contributed by atoms with Gasteiger partial charge in [-0.2, -0.15) is 0 Å². The van der Waals surface area contributed by atoms with Crippen LogP contribution in [0.4, 0.5) is 0 Å². The van der Waals surface area contributed by atoms with Gasteiger partial charge in [0, 0.05) is 11.6 Å². The molecule has 0 unspecified atom stereocenters. The maximum Gasteiger partial charge on any atom is 0.273 e. The first-order chi connectivity index (χ1) is 7.63. The second-order valence-corrected chi connectivity index (χ2v) is 4.02. The van der Waals surface area contributed by atoms with Crippen LogP contribution in [0.3, 0.4) is 0 Å². The van der Waals surface area contributed by atoms with Gasteiger partial charge < -0.3 is 0 Å². The van der Waals surface area contributed by atoms with E-state index in [1.807, 2.05) is 6.92 Å². The Bertz CT molecular complexity index is 642. The molecule has 16 heavy (non-hydrogen) atoms. The minimum atomic E-state index is -0.264. The Labute approximate surface area is 96.5 Å². The van der Waals surface area contributed by atoms with E-state index in [2.05, 4.69) is 5.10 Å². The Morgan fingerprint density at radius 3 is 2.75 bits per heavy atom. The van der Waals surface area contributed by atoms with E-state index >= 15 is 0 Å². The van der Waals surface area contributed by atoms with Crippen molar-refractivity contribution < 1.29 is 0 Å². The number of halogens is 1. The number of hydrogen-bond acceptors (Lipinski definition) is 2. The van der Waals surface area contributed by atoms with E-state index in [1.54, 1.807) is 12.1 Å². The molecule has 0 saturated heterocycles. The summed E-state index contributed by atoms with van der Waals surface area (Å²) in [6.07, 6.45) is 0.780. The van der Waals surface area contributed by atoms with E-state index in [1.165, 1.54) is 10.7 Å². The molecule has 84 valence electrons. The lowest BCUT2D eigenvalue weighted by Gasteiger charge is -2.05. The molecule has 0 atom stereocenters. The van der Waals surface area contributed by atoms with E-state index in [9.17, 15) is 9.59 Å². The highest BCUT2D eigenvalue weighted by molar-refractivity contribution is 6.31. The highest BCUT2D eigenvalue weighted by atomic mass is 35.5. The number of hydrogen-bond donors (Lipinski definition) is 1. The molecular formula is C11H11ClN2O2. The molecule has 0 spiro atoms. The second kappa shape index (κ2) is 4.14. The van der Waals surface area contributed by atoms with Gasteiger partial charge in [-0.1, -0.05) is 18.5 Å². The Balaban J connectivity index is 2.86. The second-order valence-electron chi connectivity index (χ2n) is 3.59. The molecule has 2 aromatic rings. The SMILES string of the molecule is CCCn1[nH]c(=O)c2ccc(Cl)cc2c1=O. The van der Waals surface area contributed by atoms with Crippen LogP contribution in [-0.4, -0.2) is 9.78 Å². The van der Waals surface area contributed by atoms with E-state index in [-0.39, 0.29) is 11.1 Å². The molecule has 1 N–H and O–H groups in total. The maximum atomic E-state index is 12.0. The van der Waals surface area contributed by atoms with Crippen molar-refractivity contribution in [2.24, 2.45) is 0 Å². The lowest BCUT2D eigenvalue weighted by atomic mass is 10.2. The number of aryl methyl sites for hydroxylation is 1. The van der Waals surface area contributed by atoms with Crippen LogP contribution >= 0.6 is 11.6 Å². The van der Waals surface area contributed by atoms with E-state index in [0.717, 1.165) is 6.42 Å². The first-order valence-electron chi connectivity index (χ1n) is 5.06. The number of aromatic nitrogens is 2. The largest absolute Gasteiger partial charge is 0.273 e. The minimum Gasteiger partial charge on any atom is -0.267 e. The number of nitrogens with zero attached hydrogens (tertiary/aromatic N) is 1. The Morgan fingerprint density at radius 2 is 2.06 bits per heavy atom. The average Bonchev–Trinajstić information content (AvgIpc) is 2.25. The van der Waals surface area contributed by atoms with Crippen LogP contribution in [0.1, 0.15) is 13.3 Å². The lowest BCUT2D eigenvalue weighted by molar-refractivity contribution is 0.566. The number of nitrogens with one attached hydrogen (secondary N) is 1. The zero-order valence-corrected chi connectivity index (χ0v) is 9.54. The summed E-state index contributed by atoms with van der Waals surface area (Å²) in [6, 6.07) is 4.69. The van der Waals surface area contributed by atoms with Crippen LogP contribution in [0.5, 0.6) is 0 Å². The van der Waals surface area contributed by atoms with Gasteiger partial charge in [0.25, 0.3) is 11.1 Å². The third-order valence-corrected chi connectivity index (χ3v) is 2.62. The average molecular weight is 239 g/mol. The highest BCUT2D eigenvalue weighted by Crippen LogP contribution is 2.12. The van der Waals surface area contributed by atoms with E-state index in [4.69, 9.17) is 11.6 Å². The van der Waals surface area contributed by atoms with Crippen LogP contribution in [0.2, 0.25) is 5.02 Å². The molecule has 0 aliphatic rings. The molecule has 4 nitrogen and oxygen atoms in total. The molecule has 5 heteroatoms. The normalized spacial score (nSPS) is 10.9. The summed E-state index contributed by atoms with van der Waals surface area (Å²) in [6.45, 7) is 2.43. The summed E-state index contributed by atoms with van der Waals surface area (Å²) < 4.78 is 1.32. The molecule has 0 aliphatic heterocycles. The summed E-state index contributed by atoms with van der Waals surface area (Å²) in [5, 5.41) is 3.74. The number of H-pyrrole nitrogens is 1. The van der Waals surface area contributed by atoms with Crippen molar-refractivity contribution >= 4 is 22.4 Å². The molecule has 0 bridgehead atoms. The molecule has 1 aromatic heterocycles. The fraction of sp³-hybridized carbons (Fsp3) is 0.273. The minimum absolute atomic E-state index is 0.209. The van der Waals surface area contributed by atoms with Gasteiger partial charge >= 0.3 is 0 Å². The zero-order valence-electron chi connectivity index (χ0n) is 8.79. The monoisotopic (exact) mass is 238 g/mol. The molecule has 0 amide bonds. The standard InChI is InChI=1S/C11H11ClN2O2/c1-2-5-14-11(16)9-6-7(12)3-4-8(9)10(15)13-14/h3-4,6H,2,5H2,1H3,(H,13,15). The molecule has 0 radical (unpaired) electrons. The summed E-state index contributed by atoms with van der Waals surface area (Å²) in [5.74, 6) is 0. The van der Waals surface area contributed by atoms with Crippen molar-refractivity contribution in [3.63, 3.8) is 0 Å². The van der Waals surface area contributed by atoms with Gasteiger partial charge in [-0.15, -0.1) is 0 Å². The molecule has 2 rings (SSSR count). The number of fused-ring (bicyclic) bond motifs is 1. The smallest absolute Gasteiger partial charge is 0.267 e. The quantitative estimate of drug-likeness (QED) is 0.867. The topological polar surface area (TPSA) is 54.9 Å². The van der Waals surface area contributed by atoms with Gasteiger partial charge in [0.2, 0.25) is 0 Å². The summed E-state index contributed by atoms with van der Waals surface area (Å²) in [5.41, 5.74) is -0.473. The van der Waals surface area contributed by atoms with Crippen molar-refractivity contribution in [2.75, 3.05) is 0 Å². The van der Waals surface area contributed by atoms with Crippen molar-refractivity contribution in [1.29, 1.82) is 0 Å². The van der Waals surface area contributed by atoms with E-state index < -0.39 is 0 Å². The maximum absolute atomic E-state index is 12.0.